The second kappa shape index (κ2) is 8.89. The highest BCUT2D eigenvalue weighted by atomic mass is 16.5. The van der Waals surface area contributed by atoms with Gasteiger partial charge in [0.2, 0.25) is 5.91 Å². The number of aliphatic carboxylic acids is 1. The summed E-state index contributed by atoms with van der Waals surface area (Å²) >= 11 is 0. The molecule has 0 aliphatic heterocycles. The molecule has 0 saturated heterocycles. The Bertz CT molecular complexity index is 519. The summed E-state index contributed by atoms with van der Waals surface area (Å²) in [6.07, 6.45) is 1.18. The number of hydrogen-bond acceptors (Lipinski definition) is 5. The third kappa shape index (κ3) is 5.25. The van der Waals surface area contributed by atoms with Crippen molar-refractivity contribution in [1.82, 2.24) is 5.32 Å². The molecular formula is C15H22N2O5. The van der Waals surface area contributed by atoms with Crippen LogP contribution in [-0.2, 0) is 9.59 Å². The summed E-state index contributed by atoms with van der Waals surface area (Å²) in [7, 11) is 3.02. The van der Waals surface area contributed by atoms with Crippen molar-refractivity contribution >= 4 is 17.6 Å². The molecule has 1 amide bonds. The molecule has 0 saturated carbocycles. The van der Waals surface area contributed by atoms with Crippen molar-refractivity contribution in [3.05, 3.63) is 18.2 Å². The maximum Gasteiger partial charge on any atom is 0.320 e. The van der Waals surface area contributed by atoms with Gasteiger partial charge in [0.1, 0.15) is 17.5 Å². The maximum absolute atomic E-state index is 11.9. The van der Waals surface area contributed by atoms with E-state index in [0.717, 1.165) is 6.42 Å². The molecule has 7 heteroatoms. The van der Waals surface area contributed by atoms with Gasteiger partial charge in [0.25, 0.3) is 0 Å². The number of anilines is 1. The van der Waals surface area contributed by atoms with E-state index in [9.17, 15) is 9.59 Å². The monoisotopic (exact) mass is 310 g/mol. The summed E-state index contributed by atoms with van der Waals surface area (Å²) in [5.74, 6) is -0.238. The topological polar surface area (TPSA) is 96.9 Å². The summed E-state index contributed by atoms with van der Waals surface area (Å²) in [5.41, 5.74) is 0.469. The molecule has 1 atom stereocenters. The van der Waals surface area contributed by atoms with Crippen molar-refractivity contribution in [2.75, 3.05) is 26.1 Å². The van der Waals surface area contributed by atoms with E-state index in [0.29, 0.717) is 23.6 Å². The van der Waals surface area contributed by atoms with Gasteiger partial charge in [-0.25, -0.2) is 0 Å². The summed E-state index contributed by atoms with van der Waals surface area (Å²) in [6, 6.07) is 4.30. The smallest absolute Gasteiger partial charge is 0.320 e. The number of methoxy groups -OCH3 is 2. The number of carbonyl (C=O) groups excluding carboxylic acids is 1. The van der Waals surface area contributed by atoms with E-state index in [2.05, 4.69) is 10.6 Å². The fraction of sp³-hybridized carbons (Fsp3) is 0.467. The average molecular weight is 310 g/mol. The number of nitrogens with one attached hydrogen (secondary N) is 2. The molecule has 22 heavy (non-hydrogen) atoms. The van der Waals surface area contributed by atoms with E-state index < -0.39 is 12.0 Å². The van der Waals surface area contributed by atoms with Crippen molar-refractivity contribution < 1.29 is 24.2 Å². The number of rotatable bonds is 9. The first kappa shape index (κ1) is 17.8. The molecule has 1 aromatic carbocycles. The minimum Gasteiger partial charge on any atom is -0.497 e. The van der Waals surface area contributed by atoms with E-state index in [4.69, 9.17) is 14.6 Å². The highest BCUT2D eigenvalue weighted by Gasteiger charge is 2.17. The van der Waals surface area contributed by atoms with Crippen LogP contribution in [-0.4, -0.2) is 43.8 Å². The minimum absolute atomic E-state index is 0.0999. The number of carboxylic acids is 1. The van der Waals surface area contributed by atoms with Gasteiger partial charge in [0.15, 0.2) is 0 Å². The summed E-state index contributed by atoms with van der Waals surface area (Å²) in [6.45, 7) is 1.79. The van der Waals surface area contributed by atoms with Crippen LogP contribution < -0.4 is 20.1 Å². The van der Waals surface area contributed by atoms with E-state index >= 15 is 0 Å². The van der Waals surface area contributed by atoms with E-state index in [1.165, 1.54) is 14.2 Å². The van der Waals surface area contributed by atoms with Crippen LogP contribution in [0.2, 0.25) is 0 Å². The zero-order valence-corrected chi connectivity index (χ0v) is 13.0. The Balaban J connectivity index is 2.66. The molecule has 7 nitrogen and oxygen atoms in total. The molecule has 1 aromatic rings. The molecule has 0 bridgehead atoms. The molecule has 0 aliphatic rings. The zero-order chi connectivity index (χ0) is 16.5. The highest BCUT2D eigenvalue weighted by molar-refractivity contribution is 5.94. The van der Waals surface area contributed by atoms with Crippen LogP contribution in [0.5, 0.6) is 11.5 Å². The van der Waals surface area contributed by atoms with E-state index in [-0.39, 0.29) is 12.5 Å². The predicted octanol–water partition coefficient (Wildman–Crippen LogP) is 1.49. The first-order valence-corrected chi connectivity index (χ1v) is 6.99. The van der Waals surface area contributed by atoms with E-state index in [1.54, 1.807) is 18.2 Å². The fourth-order valence-electron chi connectivity index (χ4n) is 1.92. The summed E-state index contributed by atoms with van der Waals surface area (Å²) in [5, 5.41) is 14.4. The van der Waals surface area contributed by atoms with Crippen LogP contribution in [0.3, 0.4) is 0 Å². The molecule has 1 unspecified atom stereocenters. The SMILES string of the molecule is CCCC(NCC(=O)Nc1cc(OC)ccc1OC)C(=O)O. The number of carbonyl (C=O) groups is 2. The van der Waals surface area contributed by atoms with Gasteiger partial charge in [-0.1, -0.05) is 13.3 Å². The Morgan fingerprint density at radius 2 is 2.00 bits per heavy atom. The van der Waals surface area contributed by atoms with Gasteiger partial charge >= 0.3 is 5.97 Å². The molecule has 0 fully saturated rings. The Kier molecular flexibility index (Phi) is 7.18. The van der Waals surface area contributed by atoms with Gasteiger partial charge in [0, 0.05) is 6.07 Å². The fourth-order valence-corrected chi connectivity index (χ4v) is 1.92. The predicted molar refractivity (Wildman–Crippen MR) is 82.5 cm³/mol. The quantitative estimate of drug-likeness (QED) is 0.639. The van der Waals surface area contributed by atoms with E-state index in [1.807, 2.05) is 6.92 Å². The van der Waals surface area contributed by atoms with Crippen molar-refractivity contribution in [2.24, 2.45) is 0 Å². The third-order valence-corrected chi connectivity index (χ3v) is 3.07. The van der Waals surface area contributed by atoms with Crippen molar-refractivity contribution in [3.63, 3.8) is 0 Å². The van der Waals surface area contributed by atoms with Gasteiger partial charge in [-0.2, -0.15) is 0 Å². The Morgan fingerprint density at radius 3 is 2.55 bits per heavy atom. The molecule has 0 radical (unpaired) electrons. The van der Waals surface area contributed by atoms with Crippen molar-refractivity contribution in [3.8, 4) is 11.5 Å². The Labute approximate surface area is 129 Å². The lowest BCUT2D eigenvalue weighted by Gasteiger charge is -2.15. The van der Waals surface area contributed by atoms with Crippen LogP contribution in [0.25, 0.3) is 0 Å². The number of benzene rings is 1. The average Bonchev–Trinajstić information content (AvgIpc) is 2.50. The lowest BCUT2D eigenvalue weighted by molar-refractivity contribution is -0.139. The minimum atomic E-state index is -0.964. The van der Waals surface area contributed by atoms with Gasteiger partial charge in [-0.05, 0) is 18.6 Å². The van der Waals surface area contributed by atoms with Gasteiger partial charge in [-0.3, -0.25) is 14.9 Å². The molecular weight excluding hydrogens is 288 g/mol. The number of amides is 1. The maximum atomic E-state index is 11.9. The van der Waals surface area contributed by atoms with Crippen LogP contribution in [0, 0.1) is 0 Å². The van der Waals surface area contributed by atoms with Crippen LogP contribution in [0.4, 0.5) is 5.69 Å². The highest BCUT2D eigenvalue weighted by Crippen LogP contribution is 2.28. The van der Waals surface area contributed by atoms with Gasteiger partial charge in [0.05, 0.1) is 26.5 Å². The summed E-state index contributed by atoms with van der Waals surface area (Å²) in [4.78, 5) is 23.0. The lowest BCUT2D eigenvalue weighted by Crippen LogP contribution is -2.41. The zero-order valence-electron chi connectivity index (χ0n) is 13.0. The number of hydrogen-bond donors (Lipinski definition) is 3. The molecule has 1 rings (SSSR count). The first-order valence-electron chi connectivity index (χ1n) is 6.99. The van der Waals surface area contributed by atoms with Crippen LogP contribution >= 0.6 is 0 Å². The molecule has 3 N–H and O–H groups in total. The number of carboxylic acid groups (broad SMARTS) is 1. The molecule has 0 aromatic heterocycles. The second-order valence-electron chi connectivity index (χ2n) is 4.67. The second-order valence-corrected chi connectivity index (χ2v) is 4.67. The Hall–Kier alpha value is -2.28. The molecule has 0 aliphatic carbocycles. The molecule has 0 spiro atoms. The van der Waals surface area contributed by atoms with Crippen LogP contribution in [0.1, 0.15) is 19.8 Å². The van der Waals surface area contributed by atoms with Gasteiger partial charge < -0.3 is 19.9 Å². The number of ether oxygens (including phenoxy) is 2. The summed E-state index contributed by atoms with van der Waals surface area (Å²) < 4.78 is 10.3. The molecule has 122 valence electrons. The Morgan fingerprint density at radius 1 is 1.27 bits per heavy atom. The normalized spacial score (nSPS) is 11.6. The van der Waals surface area contributed by atoms with Crippen LogP contribution in [0.15, 0.2) is 18.2 Å². The first-order chi connectivity index (χ1) is 10.5. The lowest BCUT2D eigenvalue weighted by atomic mass is 10.1. The largest absolute Gasteiger partial charge is 0.497 e. The van der Waals surface area contributed by atoms with Crippen molar-refractivity contribution in [2.45, 2.75) is 25.8 Å². The molecule has 0 heterocycles. The van der Waals surface area contributed by atoms with Gasteiger partial charge in [-0.15, -0.1) is 0 Å². The third-order valence-electron chi connectivity index (χ3n) is 3.07. The standard InChI is InChI=1S/C15H22N2O5/c1-4-5-11(15(19)20)16-9-14(18)17-12-8-10(21-2)6-7-13(12)22-3/h6-8,11,16H,4-5,9H2,1-3H3,(H,17,18)(H,19,20). The van der Waals surface area contributed by atoms with Crippen molar-refractivity contribution in [1.29, 1.82) is 0 Å².